The molecule has 0 saturated heterocycles. The molecule has 0 aliphatic rings. The van der Waals surface area contributed by atoms with Crippen molar-refractivity contribution in [2.24, 2.45) is 5.41 Å². The molecule has 52 nitrogen and oxygen atoms in total. The van der Waals surface area contributed by atoms with Crippen molar-refractivity contribution in [3.05, 3.63) is 0 Å². The quantitative estimate of drug-likeness (QED) is 0.0252. The summed E-state index contributed by atoms with van der Waals surface area (Å²) in [5.41, 5.74) is -1.12. The summed E-state index contributed by atoms with van der Waals surface area (Å²) in [6.45, 7) is 2.45. The minimum absolute atomic E-state index is 0. The van der Waals surface area contributed by atoms with Gasteiger partial charge in [0.05, 0.1) is 170 Å². The van der Waals surface area contributed by atoms with Gasteiger partial charge in [-0.05, 0) is 86.0 Å². The van der Waals surface area contributed by atoms with E-state index in [2.05, 4.69) is 63.8 Å². The fraction of sp³-hybridized carbons (Fsp3) is 0.759. The van der Waals surface area contributed by atoms with Crippen LogP contribution in [0.4, 0.5) is 0 Å². The van der Waals surface area contributed by atoms with E-state index in [4.69, 9.17) is 75.8 Å². The molecule has 0 bridgehead atoms. The number of Topliss-reactive ketones (excluding diaryl/α,β-unsaturated/α-hetero) is 9. The van der Waals surface area contributed by atoms with Gasteiger partial charge in [-0.2, -0.15) is 0 Å². The van der Waals surface area contributed by atoms with Crippen molar-refractivity contribution in [3.8, 4) is 0 Å². The minimum Gasteiger partial charge on any atom is -0.412 e. The zero-order valence-corrected chi connectivity index (χ0v) is 81.4. The Bertz CT molecular complexity index is 3330. The number of hydrogen-bond donors (Lipinski definition) is 12. The van der Waals surface area contributed by atoms with Gasteiger partial charge in [-0.25, -0.2) is 0 Å². The lowest BCUT2D eigenvalue weighted by Gasteiger charge is -2.33. The SMILES string of the molecule is CNC(=O)CCC(NC(=O)COCCOCCCC(=O)COCCOCC(COCCOCC(=O)CCCOCCOCC(=O)NC(CCC(=O)NC)C(=O)NCC(C)=O)(COCCOCC(=O)CCCOCCOCC(=O)NC(CCC(=O)NC)C(=O)NCC(C)=O)COCCOCC(=O)CCCOCCOCC(=O)NC(CCC(=O)NCC(C)=O)C(=O)NCC(C)=O)C(=O)NCC(C)=O.O.O.O. The van der Waals surface area contributed by atoms with Gasteiger partial charge < -0.3 is 156 Å². The zero-order valence-electron chi connectivity index (χ0n) is 81.4. The Morgan fingerprint density at radius 3 is 0.590 bits per heavy atom. The maximum absolute atomic E-state index is 12.9. The molecule has 0 aromatic heterocycles. The molecule has 0 spiro atoms. The molecule has 0 rings (SSSR count). The number of ether oxygens (including phenoxy) is 16. The fourth-order valence-electron chi connectivity index (χ4n) is 11.1. The topological polar surface area (TPSA) is 745 Å². The van der Waals surface area contributed by atoms with Crippen molar-refractivity contribution in [1.82, 2.24) is 63.8 Å². The van der Waals surface area contributed by atoms with Crippen molar-refractivity contribution in [3.63, 3.8) is 0 Å². The number of rotatable bonds is 94. The molecule has 0 aromatic carbocycles. The largest absolute Gasteiger partial charge is 0.412 e. The van der Waals surface area contributed by atoms with Crippen LogP contribution < -0.4 is 63.8 Å². The number of hydrogen-bond acceptors (Lipinski definition) is 37. The highest BCUT2D eigenvalue weighted by molar-refractivity contribution is 5.95. The molecular formula is C87H152N12O40. The van der Waals surface area contributed by atoms with Crippen LogP contribution in [0.3, 0.4) is 0 Å². The standard InChI is InChI=1S/C87H146N12O37.3H2O/c1-62(100)45-91-78(112)24-20-74(86(120)95-49-66(5)104)99-82(116)57-132-36-32-124-28-12-16-70(108)53-128-40-44-136-61-87(58-133-41-37-125-50-67(105)13-9-25-121-29-33-129-54-79(113)96-71(17-21-75(109)88-6)83(117)92-46-63(2)101,59-134-42-38-126-51-68(106)14-10-26-122-30-34-130-55-80(114)97-72(18-22-76(110)89-7)84(118)93-47-64(3)102)60-135-43-39-127-52-69(107)15-11-27-123-31-35-131-56-81(115)98-73(19-23-77(111)90-8)85(119)94-48-65(4)103;;;/h71-74H,9-61H2,1-8H3,(H,88,109)(H,89,110)(H,90,111)(H,91,112)(H,92,117)(H,93,118)(H,94,119)(H,95,120)(H,96,113)(H,97,114)(H,98,115)(H,99,116);3*1H2. The average molecular weight is 2010 g/mol. The van der Waals surface area contributed by atoms with Crippen molar-refractivity contribution in [1.29, 1.82) is 0 Å². The van der Waals surface area contributed by atoms with E-state index in [9.17, 15) is 101 Å². The van der Waals surface area contributed by atoms with Gasteiger partial charge in [0.15, 0.2) is 23.1 Å². The second-order valence-corrected chi connectivity index (χ2v) is 31.0. The smallest absolute Gasteiger partial charge is 0.246 e. The van der Waals surface area contributed by atoms with Crippen LogP contribution >= 0.6 is 0 Å². The lowest BCUT2D eigenvalue weighted by Crippen LogP contribution is -2.49. The van der Waals surface area contributed by atoms with E-state index < -0.39 is 109 Å². The van der Waals surface area contributed by atoms with E-state index in [0.29, 0.717) is 25.7 Å². The summed E-state index contributed by atoms with van der Waals surface area (Å²) in [6.07, 6.45) is 1.03. The molecule has 139 heavy (non-hydrogen) atoms. The van der Waals surface area contributed by atoms with Crippen LogP contribution in [0.5, 0.6) is 0 Å². The molecule has 0 radical (unpaired) electrons. The zero-order chi connectivity index (χ0) is 101. The van der Waals surface area contributed by atoms with Gasteiger partial charge in [0, 0.05) is 98.9 Å². The molecule has 0 fully saturated rings. The molecule has 0 aromatic rings. The molecule has 0 aliphatic carbocycles. The first-order valence-electron chi connectivity index (χ1n) is 45.1. The van der Waals surface area contributed by atoms with Gasteiger partial charge in [0.2, 0.25) is 70.9 Å². The van der Waals surface area contributed by atoms with Gasteiger partial charge in [-0.3, -0.25) is 101 Å². The van der Waals surface area contributed by atoms with Crippen molar-refractivity contribution < 1.29 is 193 Å². The lowest BCUT2D eigenvalue weighted by atomic mass is 9.92. The van der Waals surface area contributed by atoms with Crippen LogP contribution in [-0.4, -0.2) is 429 Å². The summed E-state index contributed by atoms with van der Waals surface area (Å²) in [4.78, 5) is 257. The minimum atomic E-state index is -1.19. The third-order valence-electron chi connectivity index (χ3n) is 18.2. The first-order chi connectivity index (χ1) is 65.1. The summed E-state index contributed by atoms with van der Waals surface area (Å²) in [5, 5.41) is 29.3. The number of amides is 12. The molecule has 0 saturated carbocycles. The third-order valence-corrected chi connectivity index (χ3v) is 18.2. The van der Waals surface area contributed by atoms with E-state index in [1.165, 1.54) is 55.8 Å². The molecular weight excluding hydrogens is 1850 g/mol. The highest BCUT2D eigenvalue weighted by Gasteiger charge is 2.34. The van der Waals surface area contributed by atoms with Crippen molar-refractivity contribution in [2.45, 2.75) is 162 Å². The van der Waals surface area contributed by atoms with Crippen LogP contribution in [0.15, 0.2) is 0 Å². The fourth-order valence-corrected chi connectivity index (χ4v) is 11.1. The molecule has 4 unspecified atom stereocenters. The Kier molecular flexibility index (Phi) is 86.8. The van der Waals surface area contributed by atoms with E-state index in [-0.39, 0.29) is 381 Å². The van der Waals surface area contributed by atoms with E-state index in [0.717, 1.165) is 0 Å². The van der Waals surface area contributed by atoms with E-state index in [1.807, 2.05) is 0 Å². The number of ketones is 9. The summed E-state index contributed by atoms with van der Waals surface area (Å²) >= 11 is 0. The van der Waals surface area contributed by atoms with Gasteiger partial charge >= 0.3 is 0 Å². The highest BCUT2D eigenvalue weighted by atomic mass is 16.6. The predicted octanol–water partition coefficient (Wildman–Crippen LogP) is -8.01. The highest BCUT2D eigenvalue weighted by Crippen LogP contribution is 2.22. The third kappa shape index (κ3) is 82.4. The summed E-state index contributed by atoms with van der Waals surface area (Å²) < 4.78 is 90.9. The molecule has 0 heterocycles. The van der Waals surface area contributed by atoms with Gasteiger partial charge in [-0.1, -0.05) is 0 Å². The normalized spacial score (nSPS) is 12.1. The molecule has 12 amide bonds. The van der Waals surface area contributed by atoms with Crippen LogP contribution in [0.2, 0.25) is 0 Å². The van der Waals surface area contributed by atoms with Gasteiger partial charge in [-0.15, -0.1) is 0 Å². The first-order valence-corrected chi connectivity index (χ1v) is 45.1. The first kappa shape index (κ1) is 135. The van der Waals surface area contributed by atoms with E-state index >= 15 is 0 Å². The van der Waals surface area contributed by atoms with Crippen molar-refractivity contribution >= 4 is 123 Å². The van der Waals surface area contributed by atoms with Gasteiger partial charge in [0.1, 0.15) is 106 Å². The Morgan fingerprint density at radius 2 is 0.388 bits per heavy atom. The Balaban J connectivity index is -0.0000304. The average Bonchev–Trinajstić information content (AvgIpc) is 0.866. The van der Waals surface area contributed by atoms with E-state index in [1.54, 1.807) is 0 Å². The molecule has 4 atom stereocenters. The lowest BCUT2D eigenvalue weighted by molar-refractivity contribution is -0.133. The predicted molar refractivity (Wildman–Crippen MR) is 489 cm³/mol. The maximum Gasteiger partial charge on any atom is 0.246 e. The van der Waals surface area contributed by atoms with Crippen LogP contribution in [0, 0.1) is 5.41 Å². The molecule has 800 valence electrons. The van der Waals surface area contributed by atoms with Crippen LogP contribution in [0.25, 0.3) is 0 Å². The molecule has 52 heteroatoms. The number of carbonyl (C=O) groups excluding carboxylic acids is 21. The number of carbonyl (C=O) groups is 21. The Hall–Kier alpha value is -10.1. The van der Waals surface area contributed by atoms with Crippen molar-refractivity contribution in [2.75, 3.05) is 265 Å². The molecule has 0 aliphatic heterocycles. The second-order valence-electron chi connectivity index (χ2n) is 31.0. The Labute approximate surface area is 808 Å². The van der Waals surface area contributed by atoms with Crippen LogP contribution in [0.1, 0.15) is 137 Å². The summed E-state index contributed by atoms with van der Waals surface area (Å²) in [7, 11) is 4.28. The monoisotopic (exact) mass is 2010 g/mol. The summed E-state index contributed by atoms with van der Waals surface area (Å²) in [5.74, 6) is -9.33. The Morgan fingerprint density at radius 1 is 0.209 bits per heavy atom. The van der Waals surface area contributed by atoms with Gasteiger partial charge in [0.25, 0.3) is 0 Å². The maximum atomic E-state index is 12.9. The molecule has 18 N–H and O–H groups in total. The second kappa shape index (κ2) is 89.3. The van der Waals surface area contributed by atoms with Crippen LogP contribution in [-0.2, 0) is 176 Å². The number of nitrogens with one attached hydrogen (secondary N) is 12. The summed E-state index contributed by atoms with van der Waals surface area (Å²) in [6, 6.07) is -4.48.